The molecule has 0 bridgehead atoms. The van der Waals surface area contributed by atoms with Gasteiger partial charge in [-0.1, -0.05) is 37.9 Å². The highest BCUT2D eigenvalue weighted by Crippen LogP contribution is 2.38. The topological polar surface area (TPSA) is 56.7 Å². The summed E-state index contributed by atoms with van der Waals surface area (Å²) in [6.07, 6.45) is 6.67. The van der Waals surface area contributed by atoms with Crippen molar-refractivity contribution >= 4 is 17.7 Å². The number of hydrogen-bond donors (Lipinski definition) is 1. The lowest BCUT2D eigenvalue weighted by Gasteiger charge is -2.29. The van der Waals surface area contributed by atoms with Gasteiger partial charge in [-0.3, -0.25) is 4.57 Å². The summed E-state index contributed by atoms with van der Waals surface area (Å²) in [5.74, 6) is 1.34. The molecule has 1 fully saturated rings. The predicted octanol–water partition coefficient (Wildman–Crippen LogP) is 2.46. The zero-order chi connectivity index (χ0) is 11.5. The minimum Gasteiger partial charge on any atom is -0.368 e. The molecule has 0 spiro atoms. The molecule has 5 heteroatoms. The first-order valence-corrected chi connectivity index (χ1v) is 6.91. The third kappa shape index (κ3) is 2.34. The van der Waals surface area contributed by atoms with Gasteiger partial charge in [0.05, 0.1) is 0 Å². The van der Waals surface area contributed by atoms with E-state index in [0.717, 1.165) is 11.1 Å². The molecule has 1 aromatic rings. The number of thioether (sulfide) groups is 1. The fraction of sp³-hybridized carbons (Fsp3) is 0.818. The van der Waals surface area contributed by atoms with Crippen molar-refractivity contribution in [2.45, 2.75) is 49.4 Å². The van der Waals surface area contributed by atoms with Crippen LogP contribution in [-0.2, 0) is 7.05 Å². The maximum absolute atomic E-state index is 5.69. The normalized spacial score (nSPS) is 25.9. The van der Waals surface area contributed by atoms with E-state index in [-0.39, 0.29) is 0 Å². The molecule has 0 aromatic carbocycles. The molecular weight excluding hydrogens is 220 g/mol. The zero-order valence-electron chi connectivity index (χ0n) is 10.0. The highest BCUT2D eigenvalue weighted by atomic mass is 32.2. The van der Waals surface area contributed by atoms with Gasteiger partial charge in [-0.15, -0.1) is 10.2 Å². The van der Waals surface area contributed by atoms with E-state index in [0.29, 0.717) is 11.2 Å². The van der Waals surface area contributed by atoms with Crippen LogP contribution in [0, 0.1) is 5.92 Å². The van der Waals surface area contributed by atoms with Gasteiger partial charge in [-0.2, -0.15) is 0 Å². The zero-order valence-corrected chi connectivity index (χ0v) is 10.8. The number of nitrogen functional groups attached to an aromatic ring is 1. The lowest BCUT2D eigenvalue weighted by Crippen LogP contribution is -2.21. The summed E-state index contributed by atoms with van der Waals surface area (Å²) in [6.45, 7) is 2.29. The molecule has 1 aliphatic rings. The van der Waals surface area contributed by atoms with E-state index in [1.54, 1.807) is 0 Å². The summed E-state index contributed by atoms with van der Waals surface area (Å²) < 4.78 is 1.88. The van der Waals surface area contributed by atoms with Crippen LogP contribution in [0.15, 0.2) is 5.16 Å². The van der Waals surface area contributed by atoms with Crippen LogP contribution < -0.4 is 5.73 Å². The number of nitrogens with two attached hydrogens (primary N) is 1. The summed E-state index contributed by atoms with van der Waals surface area (Å²) in [7, 11) is 1.93. The van der Waals surface area contributed by atoms with Crippen molar-refractivity contribution in [3.8, 4) is 0 Å². The van der Waals surface area contributed by atoms with Crippen molar-refractivity contribution in [3.63, 3.8) is 0 Å². The lowest BCUT2D eigenvalue weighted by atomic mass is 9.87. The maximum atomic E-state index is 5.69. The van der Waals surface area contributed by atoms with Crippen molar-refractivity contribution in [2.75, 3.05) is 5.73 Å². The van der Waals surface area contributed by atoms with Gasteiger partial charge in [0.25, 0.3) is 0 Å². The molecule has 4 nitrogen and oxygen atoms in total. The Labute approximate surface area is 101 Å². The molecule has 2 unspecified atom stereocenters. The first kappa shape index (κ1) is 11.8. The number of nitrogens with zero attached hydrogens (tertiary/aromatic N) is 3. The van der Waals surface area contributed by atoms with Crippen LogP contribution in [0.4, 0.5) is 5.95 Å². The average molecular weight is 240 g/mol. The minimum absolute atomic E-state index is 0.506. The molecule has 16 heavy (non-hydrogen) atoms. The molecule has 0 aliphatic heterocycles. The van der Waals surface area contributed by atoms with Crippen molar-refractivity contribution in [2.24, 2.45) is 13.0 Å². The summed E-state index contributed by atoms with van der Waals surface area (Å²) in [4.78, 5) is 0. The van der Waals surface area contributed by atoms with Gasteiger partial charge in [-0.05, 0) is 18.8 Å². The fourth-order valence-electron chi connectivity index (χ4n) is 2.36. The Kier molecular flexibility index (Phi) is 3.74. The summed E-state index contributed by atoms with van der Waals surface area (Å²) >= 11 is 1.85. The molecule has 1 aromatic heterocycles. The van der Waals surface area contributed by atoms with Gasteiger partial charge in [0, 0.05) is 12.3 Å². The van der Waals surface area contributed by atoms with Crippen molar-refractivity contribution in [3.05, 3.63) is 0 Å². The molecular formula is C11H20N4S. The Morgan fingerprint density at radius 1 is 1.38 bits per heavy atom. The van der Waals surface area contributed by atoms with E-state index >= 15 is 0 Å². The quantitative estimate of drug-likeness (QED) is 0.881. The van der Waals surface area contributed by atoms with Crippen LogP contribution in [0.25, 0.3) is 0 Å². The van der Waals surface area contributed by atoms with Crippen LogP contribution in [-0.4, -0.2) is 20.0 Å². The number of anilines is 1. The van der Waals surface area contributed by atoms with Crippen molar-refractivity contribution in [1.82, 2.24) is 14.8 Å². The Bertz CT molecular complexity index is 350. The molecule has 2 rings (SSSR count). The molecule has 2 N–H and O–H groups in total. The number of rotatable bonds is 3. The Morgan fingerprint density at radius 3 is 2.75 bits per heavy atom. The molecule has 1 aliphatic carbocycles. The van der Waals surface area contributed by atoms with E-state index in [1.807, 2.05) is 23.4 Å². The van der Waals surface area contributed by atoms with Crippen LogP contribution in [0.3, 0.4) is 0 Å². The first-order chi connectivity index (χ1) is 7.72. The summed E-state index contributed by atoms with van der Waals surface area (Å²) in [5.41, 5.74) is 5.69. The van der Waals surface area contributed by atoms with Gasteiger partial charge in [0.15, 0.2) is 5.16 Å². The molecule has 0 saturated heterocycles. The SMILES string of the molecule is CCC1CCCCC1Sc1nnc(N)n1C. The van der Waals surface area contributed by atoms with Crippen LogP contribution in [0.5, 0.6) is 0 Å². The van der Waals surface area contributed by atoms with Gasteiger partial charge in [0.1, 0.15) is 0 Å². The summed E-state index contributed by atoms with van der Waals surface area (Å²) in [5, 5.41) is 9.69. The van der Waals surface area contributed by atoms with Gasteiger partial charge in [-0.25, -0.2) is 0 Å². The molecule has 90 valence electrons. The van der Waals surface area contributed by atoms with Crippen LogP contribution >= 0.6 is 11.8 Å². The van der Waals surface area contributed by atoms with E-state index in [2.05, 4.69) is 17.1 Å². The van der Waals surface area contributed by atoms with Crippen molar-refractivity contribution in [1.29, 1.82) is 0 Å². The highest BCUT2D eigenvalue weighted by molar-refractivity contribution is 7.99. The van der Waals surface area contributed by atoms with E-state index in [1.165, 1.54) is 32.1 Å². The van der Waals surface area contributed by atoms with Crippen molar-refractivity contribution < 1.29 is 0 Å². The number of hydrogen-bond acceptors (Lipinski definition) is 4. The second-order valence-corrected chi connectivity index (χ2v) is 5.72. The Morgan fingerprint density at radius 2 is 2.12 bits per heavy atom. The molecule has 1 heterocycles. The molecule has 2 atom stereocenters. The average Bonchev–Trinajstić information content (AvgIpc) is 2.62. The second-order valence-electron chi connectivity index (χ2n) is 4.51. The first-order valence-electron chi connectivity index (χ1n) is 6.04. The smallest absolute Gasteiger partial charge is 0.222 e. The van der Waals surface area contributed by atoms with E-state index in [4.69, 9.17) is 5.73 Å². The maximum Gasteiger partial charge on any atom is 0.222 e. The second kappa shape index (κ2) is 5.08. The third-order valence-electron chi connectivity index (χ3n) is 3.49. The Hall–Kier alpha value is -0.710. The monoisotopic (exact) mass is 240 g/mol. The molecule has 1 saturated carbocycles. The van der Waals surface area contributed by atoms with E-state index < -0.39 is 0 Å². The number of aromatic nitrogens is 3. The van der Waals surface area contributed by atoms with Gasteiger partial charge >= 0.3 is 0 Å². The van der Waals surface area contributed by atoms with Gasteiger partial charge < -0.3 is 5.73 Å². The van der Waals surface area contributed by atoms with Crippen LogP contribution in [0.2, 0.25) is 0 Å². The third-order valence-corrected chi connectivity index (χ3v) is 4.98. The largest absolute Gasteiger partial charge is 0.368 e. The van der Waals surface area contributed by atoms with E-state index in [9.17, 15) is 0 Å². The molecule has 0 amide bonds. The molecule has 0 radical (unpaired) electrons. The predicted molar refractivity (Wildman–Crippen MR) is 67.3 cm³/mol. The van der Waals surface area contributed by atoms with Crippen LogP contribution in [0.1, 0.15) is 39.0 Å². The minimum atomic E-state index is 0.506. The summed E-state index contributed by atoms with van der Waals surface area (Å²) in [6, 6.07) is 0. The van der Waals surface area contributed by atoms with Gasteiger partial charge in [0.2, 0.25) is 5.95 Å². The lowest BCUT2D eigenvalue weighted by molar-refractivity contribution is 0.361. The standard InChI is InChI=1S/C11H20N4S/c1-3-8-6-4-5-7-9(8)16-11-14-13-10(12)15(11)2/h8-9H,3-7H2,1-2H3,(H2,12,13). The fourth-order valence-corrected chi connectivity index (χ4v) is 3.78. The Balaban J connectivity index is 2.05. The highest BCUT2D eigenvalue weighted by Gasteiger charge is 2.26.